The van der Waals surface area contributed by atoms with Gasteiger partial charge in [-0.2, -0.15) is 0 Å². The number of benzene rings is 2. The van der Waals surface area contributed by atoms with E-state index in [9.17, 15) is 4.79 Å². The van der Waals surface area contributed by atoms with E-state index in [1.165, 1.54) is 5.56 Å². The lowest BCUT2D eigenvalue weighted by Crippen LogP contribution is -2.12. The summed E-state index contributed by atoms with van der Waals surface area (Å²) in [5, 5.41) is 4.00. The molecule has 116 valence electrons. The van der Waals surface area contributed by atoms with Crippen molar-refractivity contribution in [3.63, 3.8) is 0 Å². The highest BCUT2D eigenvalue weighted by atomic mass is 16.1. The Kier molecular flexibility index (Phi) is 4.38. The van der Waals surface area contributed by atoms with Crippen molar-refractivity contribution in [2.24, 2.45) is 0 Å². The Labute approximate surface area is 136 Å². The minimum atomic E-state index is -0.108. The molecule has 0 radical (unpaired) electrons. The van der Waals surface area contributed by atoms with Gasteiger partial charge >= 0.3 is 0 Å². The fourth-order valence-corrected chi connectivity index (χ4v) is 2.65. The molecule has 1 aromatic heterocycles. The van der Waals surface area contributed by atoms with Crippen LogP contribution in [0.5, 0.6) is 0 Å². The first-order chi connectivity index (χ1) is 11.2. The Morgan fingerprint density at radius 2 is 1.83 bits per heavy atom. The molecular weight excluding hydrogens is 284 g/mol. The van der Waals surface area contributed by atoms with Gasteiger partial charge in [0.2, 0.25) is 0 Å². The van der Waals surface area contributed by atoms with Crippen LogP contribution in [0.3, 0.4) is 0 Å². The zero-order valence-electron chi connectivity index (χ0n) is 13.5. The van der Waals surface area contributed by atoms with Gasteiger partial charge in [0, 0.05) is 16.6 Å². The predicted molar refractivity (Wildman–Crippen MR) is 94.9 cm³/mol. The monoisotopic (exact) mass is 304 g/mol. The molecule has 0 atom stereocenters. The summed E-state index contributed by atoms with van der Waals surface area (Å²) in [6.45, 7) is 4.10. The van der Waals surface area contributed by atoms with Gasteiger partial charge in [-0.15, -0.1) is 0 Å². The fourth-order valence-electron chi connectivity index (χ4n) is 2.65. The van der Waals surface area contributed by atoms with Crippen molar-refractivity contribution < 1.29 is 4.79 Å². The van der Waals surface area contributed by atoms with E-state index in [2.05, 4.69) is 17.2 Å². The Morgan fingerprint density at radius 3 is 2.57 bits per heavy atom. The smallest absolute Gasteiger partial charge is 0.255 e. The molecular formula is C20H20N2O. The lowest BCUT2D eigenvalue weighted by molar-refractivity contribution is 0.102. The SMILES string of the molecule is CCCc1ccc(C(=O)Nc2cccc3ccc(C)nc23)cc1. The number of amides is 1. The number of fused-ring (bicyclic) bond motifs is 1. The molecule has 2 aromatic carbocycles. The van der Waals surface area contributed by atoms with Crippen LogP contribution in [0.1, 0.15) is 35.0 Å². The van der Waals surface area contributed by atoms with Gasteiger partial charge in [0.15, 0.2) is 0 Å². The number of carbonyl (C=O) groups is 1. The third-order valence-corrected chi connectivity index (χ3v) is 3.86. The molecule has 0 aliphatic heterocycles. The number of hydrogen-bond donors (Lipinski definition) is 1. The van der Waals surface area contributed by atoms with Crippen LogP contribution in [0.15, 0.2) is 54.6 Å². The molecule has 3 nitrogen and oxygen atoms in total. The van der Waals surface area contributed by atoms with Crippen LogP contribution in [-0.2, 0) is 6.42 Å². The average Bonchev–Trinajstić information content (AvgIpc) is 2.56. The average molecular weight is 304 g/mol. The van der Waals surface area contributed by atoms with E-state index >= 15 is 0 Å². The normalized spacial score (nSPS) is 10.7. The minimum absolute atomic E-state index is 0.108. The number of nitrogens with zero attached hydrogens (tertiary/aromatic N) is 1. The Balaban J connectivity index is 1.86. The molecule has 0 bridgehead atoms. The van der Waals surface area contributed by atoms with Gasteiger partial charge in [-0.1, -0.05) is 43.7 Å². The summed E-state index contributed by atoms with van der Waals surface area (Å²) in [6, 6.07) is 17.6. The molecule has 3 aromatic rings. The molecule has 0 spiro atoms. The van der Waals surface area contributed by atoms with Crippen molar-refractivity contribution in [2.75, 3.05) is 5.32 Å². The number of para-hydroxylation sites is 1. The number of aromatic nitrogens is 1. The van der Waals surface area contributed by atoms with Gasteiger partial charge < -0.3 is 5.32 Å². The van der Waals surface area contributed by atoms with Crippen LogP contribution in [0, 0.1) is 6.92 Å². The van der Waals surface area contributed by atoms with Crippen LogP contribution in [0.4, 0.5) is 5.69 Å². The van der Waals surface area contributed by atoms with Crippen LogP contribution >= 0.6 is 0 Å². The molecule has 0 saturated heterocycles. The number of nitrogens with one attached hydrogen (secondary N) is 1. The molecule has 1 N–H and O–H groups in total. The molecule has 0 fully saturated rings. The summed E-state index contributed by atoms with van der Waals surface area (Å²) >= 11 is 0. The second-order valence-corrected chi connectivity index (χ2v) is 5.73. The molecule has 3 heteroatoms. The first-order valence-electron chi connectivity index (χ1n) is 7.94. The van der Waals surface area contributed by atoms with Crippen LogP contribution in [0.25, 0.3) is 10.9 Å². The topological polar surface area (TPSA) is 42.0 Å². The number of pyridine rings is 1. The Bertz CT molecular complexity index is 838. The van der Waals surface area contributed by atoms with Gasteiger partial charge in [-0.3, -0.25) is 9.78 Å². The largest absolute Gasteiger partial charge is 0.320 e. The number of hydrogen-bond acceptors (Lipinski definition) is 2. The summed E-state index contributed by atoms with van der Waals surface area (Å²) in [6.07, 6.45) is 2.14. The second-order valence-electron chi connectivity index (χ2n) is 5.73. The number of aryl methyl sites for hydroxylation is 2. The van der Waals surface area contributed by atoms with Gasteiger partial charge in [-0.25, -0.2) is 0 Å². The highest BCUT2D eigenvalue weighted by Crippen LogP contribution is 2.22. The summed E-state index contributed by atoms with van der Waals surface area (Å²) in [7, 11) is 0. The first kappa shape index (κ1) is 15.2. The first-order valence-corrected chi connectivity index (χ1v) is 7.94. The number of carbonyl (C=O) groups excluding carboxylic acids is 1. The van der Waals surface area contributed by atoms with Gasteiger partial charge in [0.25, 0.3) is 5.91 Å². The van der Waals surface area contributed by atoms with E-state index in [4.69, 9.17) is 0 Å². The molecule has 0 saturated carbocycles. The maximum atomic E-state index is 12.5. The number of anilines is 1. The molecule has 3 rings (SSSR count). The van der Waals surface area contributed by atoms with Gasteiger partial charge in [-0.05, 0) is 43.2 Å². The van der Waals surface area contributed by atoms with Gasteiger partial charge in [0.05, 0.1) is 11.2 Å². The third-order valence-electron chi connectivity index (χ3n) is 3.86. The third kappa shape index (κ3) is 3.39. The highest BCUT2D eigenvalue weighted by Gasteiger charge is 2.09. The number of rotatable bonds is 4. The summed E-state index contributed by atoms with van der Waals surface area (Å²) in [5.74, 6) is -0.108. The zero-order chi connectivity index (χ0) is 16.2. The zero-order valence-corrected chi connectivity index (χ0v) is 13.5. The van der Waals surface area contributed by atoms with Crippen molar-refractivity contribution in [3.05, 3.63) is 71.4 Å². The van der Waals surface area contributed by atoms with Crippen molar-refractivity contribution in [2.45, 2.75) is 26.7 Å². The van der Waals surface area contributed by atoms with E-state index in [0.29, 0.717) is 5.56 Å². The van der Waals surface area contributed by atoms with Gasteiger partial charge in [0.1, 0.15) is 0 Å². The van der Waals surface area contributed by atoms with Crippen molar-refractivity contribution in [3.8, 4) is 0 Å². The maximum absolute atomic E-state index is 12.5. The van der Waals surface area contributed by atoms with Crippen molar-refractivity contribution in [1.29, 1.82) is 0 Å². The quantitative estimate of drug-likeness (QED) is 0.756. The summed E-state index contributed by atoms with van der Waals surface area (Å²) in [5.41, 5.74) is 4.42. The van der Waals surface area contributed by atoms with E-state index in [-0.39, 0.29) is 5.91 Å². The molecule has 23 heavy (non-hydrogen) atoms. The predicted octanol–water partition coefficient (Wildman–Crippen LogP) is 4.75. The van der Waals surface area contributed by atoms with Crippen LogP contribution in [-0.4, -0.2) is 10.9 Å². The van der Waals surface area contributed by atoms with E-state index in [0.717, 1.165) is 35.1 Å². The Hall–Kier alpha value is -2.68. The van der Waals surface area contributed by atoms with Crippen molar-refractivity contribution in [1.82, 2.24) is 4.98 Å². The fraction of sp³-hybridized carbons (Fsp3) is 0.200. The minimum Gasteiger partial charge on any atom is -0.320 e. The lowest BCUT2D eigenvalue weighted by atomic mass is 10.1. The summed E-state index contributed by atoms with van der Waals surface area (Å²) < 4.78 is 0. The standard InChI is InChI=1S/C20H20N2O/c1-3-5-15-9-12-17(13-10-15)20(23)22-18-7-4-6-16-11-8-14(2)21-19(16)18/h4,6-13H,3,5H2,1-2H3,(H,22,23). The summed E-state index contributed by atoms with van der Waals surface area (Å²) in [4.78, 5) is 17.0. The molecule has 1 heterocycles. The van der Waals surface area contributed by atoms with E-state index in [1.807, 2.05) is 61.5 Å². The van der Waals surface area contributed by atoms with E-state index in [1.54, 1.807) is 0 Å². The maximum Gasteiger partial charge on any atom is 0.255 e. The molecule has 0 aliphatic carbocycles. The van der Waals surface area contributed by atoms with Crippen LogP contribution in [0.2, 0.25) is 0 Å². The molecule has 0 unspecified atom stereocenters. The Morgan fingerprint density at radius 1 is 1.04 bits per heavy atom. The van der Waals surface area contributed by atoms with E-state index < -0.39 is 0 Å². The highest BCUT2D eigenvalue weighted by molar-refractivity contribution is 6.08. The van der Waals surface area contributed by atoms with Crippen molar-refractivity contribution >= 4 is 22.5 Å². The molecule has 1 amide bonds. The molecule has 0 aliphatic rings. The lowest BCUT2D eigenvalue weighted by Gasteiger charge is -2.09. The van der Waals surface area contributed by atoms with Crippen LogP contribution < -0.4 is 5.32 Å². The second kappa shape index (κ2) is 6.61.